The molecule has 1 fully saturated rings. The minimum Gasteiger partial charge on any atom is -0.314 e. The zero-order valence-corrected chi connectivity index (χ0v) is 15.2. The first kappa shape index (κ1) is 19.0. The first-order valence-corrected chi connectivity index (χ1v) is 10.0. The summed E-state index contributed by atoms with van der Waals surface area (Å²) in [4.78, 5) is 0. The van der Waals surface area contributed by atoms with Crippen LogP contribution in [0.4, 0.5) is 0 Å². The van der Waals surface area contributed by atoms with Crippen molar-refractivity contribution in [3.63, 3.8) is 0 Å². The highest BCUT2D eigenvalue weighted by atomic mass is 14.9. The summed E-state index contributed by atoms with van der Waals surface area (Å²) in [5, 5.41) is 3.84. The Balaban J connectivity index is 2.19. The molecule has 0 aromatic heterocycles. The minimum absolute atomic E-state index is 0.636. The van der Waals surface area contributed by atoms with E-state index in [0.717, 1.165) is 12.6 Å². The van der Waals surface area contributed by atoms with Crippen molar-refractivity contribution in [3.05, 3.63) is 0 Å². The van der Waals surface area contributed by atoms with Crippen LogP contribution in [0, 0.1) is 5.41 Å². The predicted octanol–water partition coefficient (Wildman–Crippen LogP) is 6.47. The second kappa shape index (κ2) is 11.5. The molecule has 1 atom stereocenters. The van der Waals surface area contributed by atoms with E-state index in [0.29, 0.717) is 5.41 Å². The van der Waals surface area contributed by atoms with Crippen LogP contribution < -0.4 is 5.32 Å². The molecule has 21 heavy (non-hydrogen) atoms. The van der Waals surface area contributed by atoms with Crippen LogP contribution in [0.1, 0.15) is 111 Å². The fourth-order valence-corrected chi connectivity index (χ4v) is 4.38. The Morgan fingerprint density at radius 3 is 1.90 bits per heavy atom. The average molecular weight is 296 g/mol. The molecule has 0 spiro atoms. The van der Waals surface area contributed by atoms with Crippen LogP contribution in [0.15, 0.2) is 0 Å². The van der Waals surface area contributed by atoms with Gasteiger partial charge < -0.3 is 5.32 Å². The maximum Gasteiger partial charge on any atom is 0.0123 e. The van der Waals surface area contributed by atoms with Gasteiger partial charge in [0.2, 0.25) is 0 Å². The highest BCUT2D eigenvalue weighted by Crippen LogP contribution is 2.45. The Kier molecular flexibility index (Phi) is 10.4. The average Bonchev–Trinajstić information content (AvgIpc) is 2.99. The lowest BCUT2D eigenvalue weighted by atomic mass is 9.74. The molecule has 1 heteroatoms. The third-order valence-electron chi connectivity index (χ3n) is 5.84. The number of unbranched alkanes of at least 4 members (excludes halogenated alkanes) is 7. The molecule has 126 valence electrons. The van der Waals surface area contributed by atoms with Crippen LogP contribution in [-0.4, -0.2) is 12.6 Å². The normalized spacial score (nSPS) is 19.0. The molecule has 1 nitrogen and oxygen atoms in total. The van der Waals surface area contributed by atoms with Gasteiger partial charge in [-0.05, 0) is 37.6 Å². The van der Waals surface area contributed by atoms with Gasteiger partial charge >= 0.3 is 0 Å². The van der Waals surface area contributed by atoms with Gasteiger partial charge in [-0.1, -0.05) is 85.0 Å². The van der Waals surface area contributed by atoms with Crippen molar-refractivity contribution >= 4 is 0 Å². The van der Waals surface area contributed by atoms with Crippen molar-refractivity contribution in [1.82, 2.24) is 5.32 Å². The lowest BCUT2D eigenvalue weighted by molar-refractivity contribution is 0.175. The van der Waals surface area contributed by atoms with Gasteiger partial charge in [-0.2, -0.15) is 0 Å². The van der Waals surface area contributed by atoms with Crippen LogP contribution >= 0.6 is 0 Å². The molecule has 0 bridgehead atoms. The number of rotatable bonds is 13. The number of hydrogen-bond acceptors (Lipinski definition) is 1. The first-order valence-electron chi connectivity index (χ1n) is 10.0. The summed E-state index contributed by atoms with van der Waals surface area (Å²) in [6, 6.07) is 0.787. The summed E-state index contributed by atoms with van der Waals surface area (Å²) in [5.41, 5.74) is 0.636. The zero-order valence-electron chi connectivity index (χ0n) is 15.2. The molecule has 0 aliphatic heterocycles. The van der Waals surface area contributed by atoms with E-state index in [1.54, 1.807) is 0 Å². The van der Waals surface area contributed by atoms with Crippen molar-refractivity contribution in [2.24, 2.45) is 5.41 Å². The third-order valence-corrected chi connectivity index (χ3v) is 5.84. The van der Waals surface area contributed by atoms with Crippen molar-refractivity contribution in [2.45, 2.75) is 117 Å². The highest BCUT2D eigenvalue weighted by molar-refractivity contribution is 4.93. The quantitative estimate of drug-likeness (QED) is 0.384. The molecule has 1 rings (SSSR count). The SMILES string of the molecule is CCCCCCCCCCC(NCC)C1(CC)CCCC1. The van der Waals surface area contributed by atoms with E-state index in [9.17, 15) is 0 Å². The molecular weight excluding hydrogens is 254 g/mol. The molecule has 1 aliphatic carbocycles. The maximum absolute atomic E-state index is 3.84. The van der Waals surface area contributed by atoms with Gasteiger partial charge in [0.05, 0.1) is 0 Å². The van der Waals surface area contributed by atoms with Crippen LogP contribution in [-0.2, 0) is 0 Å². The van der Waals surface area contributed by atoms with Crippen LogP contribution in [0.5, 0.6) is 0 Å². The van der Waals surface area contributed by atoms with E-state index >= 15 is 0 Å². The molecule has 0 aromatic rings. The van der Waals surface area contributed by atoms with E-state index < -0.39 is 0 Å². The van der Waals surface area contributed by atoms with E-state index in [1.165, 1.54) is 89.9 Å². The van der Waals surface area contributed by atoms with Gasteiger partial charge in [0, 0.05) is 6.04 Å². The molecule has 0 radical (unpaired) electrons. The number of nitrogens with one attached hydrogen (secondary N) is 1. The van der Waals surface area contributed by atoms with E-state index in [4.69, 9.17) is 0 Å². The molecule has 1 aliphatic rings. The molecule has 1 unspecified atom stereocenters. The maximum atomic E-state index is 3.84. The molecule has 0 heterocycles. The Labute approximate surface area is 134 Å². The molecule has 1 saturated carbocycles. The zero-order chi connectivity index (χ0) is 15.4. The van der Waals surface area contributed by atoms with E-state index in [1.807, 2.05) is 0 Å². The lowest BCUT2D eigenvalue weighted by Crippen LogP contribution is -2.43. The van der Waals surface area contributed by atoms with Crippen molar-refractivity contribution < 1.29 is 0 Å². The largest absolute Gasteiger partial charge is 0.314 e. The van der Waals surface area contributed by atoms with Gasteiger partial charge in [0.1, 0.15) is 0 Å². The fourth-order valence-electron chi connectivity index (χ4n) is 4.38. The second-order valence-electron chi connectivity index (χ2n) is 7.30. The standard InChI is InChI=1S/C20H41N/c1-4-7-8-9-10-11-12-13-16-19(21-6-3)20(5-2)17-14-15-18-20/h19,21H,4-18H2,1-3H3. The summed E-state index contributed by atoms with van der Waals surface area (Å²) in [5.74, 6) is 0. The van der Waals surface area contributed by atoms with Crippen LogP contribution in [0.3, 0.4) is 0 Å². The molecule has 0 aromatic carbocycles. The van der Waals surface area contributed by atoms with Crippen molar-refractivity contribution in [1.29, 1.82) is 0 Å². The second-order valence-corrected chi connectivity index (χ2v) is 7.30. The molecule has 1 N–H and O–H groups in total. The van der Waals surface area contributed by atoms with E-state index in [2.05, 4.69) is 26.1 Å². The van der Waals surface area contributed by atoms with E-state index in [-0.39, 0.29) is 0 Å². The lowest BCUT2D eigenvalue weighted by Gasteiger charge is -2.38. The van der Waals surface area contributed by atoms with Crippen molar-refractivity contribution in [2.75, 3.05) is 6.54 Å². The van der Waals surface area contributed by atoms with Crippen LogP contribution in [0.25, 0.3) is 0 Å². The Morgan fingerprint density at radius 1 is 0.810 bits per heavy atom. The summed E-state index contributed by atoms with van der Waals surface area (Å²) in [6.45, 7) is 8.14. The fraction of sp³-hybridized carbons (Fsp3) is 1.00. The van der Waals surface area contributed by atoms with Crippen molar-refractivity contribution in [3.8, 4) is 0 Å². The summed E-state index contributed by atoms with van der Waals surface area (Å²) >= 11 is 0. The molecular formula is C20H41N. The van der Waals surface area contributed by atoms with Gasteiger partial charge in [0.15, 0.2) is 0 Å². The molecule has 0 amide bonds. The number of hydrogen-bond donors (Lipinski definition) is 1. The van der Waals surface area contributed by atoms with Gasteiger partial charge in [0.25, 0.3) is 0 Å². The van der Waals surface area contributed by atoms with Gasteiger partial charge in [-0.3, -0.25) is 0 Å². The smallest absolute Gasteiger partial charge is 0.0123 e. The third kappa shape index (κ3) is 6.72. The summed E-state index contributed by atoms with van der Waals surface area (Å²) < 4.78 is 0. The Morgan fingerprint density at radius 2 is 1.38 bits per heavy atom. The minimum atomic E-state index is 0.636. The van der Waals surface area contributed by atoms with Crippen LogP contribution in [0.2, 0.25) is 0 Å². The monoisotopic (exact) mass is 295 g/mol. The van der Waals surface area contributed by atoms with Gasteiger partial charge in [-0.25, -0.2) is 0 Å². The first-order chi connectivity index (χ1) is 10.3. The Hall–Kier alpha value is -0.0400. The molecule has 0 saturated heterocycles. The highest BCUT2D eigenvalue weighted by Gasteiger charge is 2.38. The predicted molar refractivity (Wildman–Crippen MR) is 95.9 cm³/mol. The van der Waals surface area contributed by atoms with Gasteiger partial charge in [-0.15, -0.1) is 0 Å². The summed E-state index contributed by atoms with van der Waals surface area (Å²) in [7, 11) is 0. The summed E-state index contributed by atoms with van der Waals surface area (Å²) in [6.07, 6.45) is 20.2. The Bertz CT molecular complexity index is 230. The topological polar surface area (TPSA) is 12.0 Å².